The number of nitrogens with zero attached hydrogens (tertiary/aromatic N) is 4. The first-order valence-corrected chi connectivity index (χ1v) is 6.49. The summed E-state index contributed by atoms with van der Waals surface area (Å²) in [4.78, 5) is 0. The van der Waals surface area contributed by atoms with E-state index in [1.807, 2.05) is 6.92 Å². The highest BCUT2D eigenvalue weighted by atomic mass is 19.4. The Morgan fingerprint density at radius 1 is 1.24 bits per heavy atom. The maximum Gasteiger partial charge on any atom is 0.416 e. The first kappa shape index (κ1) is 15.4. The number of aliphatic hydroxyl groups excluding tert-OH is 1. The molecule has 114 valence electrons. The van der Waals surface area contributed by atoms with Gasteiger partial charge >= 0.3 is 6.18 Å². The number of aryl methyl sites for hydroxylation is 1. The minimum Gasteiger partial charge on any atom is -0.391 e. The molecule has 21 heavy (non-hydrogen) atoms. The molecule has 0 saturated carbocycles. The summed E-state index contributed by atoms with van der Waals surface area (Å²) in [5.41, 5.74) is -0.0730. The van der Waals surface area contributed by atoms with Crippen LogP contribution in [0.2, 0.25) is 0 Å². The molecule has 1 atom stereocenters. The van der Waals surface area contributed by atoms with Crippen molar-refractivity contribution in [2.24, 2.45) is 0 Å². The lowest BCUT2D eigenvalue weighted by molar-refractivity contribution is -0.137. The van der Waals surface area contributed by atoms with E-state index >= 15 is 0 Å². The van der Waals surface area contributed by atoms with Crippen LogP contribution in [0.1, 0.15) is 23.9 Å². The zero-order valence-electron chi connectivity index (χ0n) is 11.4. The second kappa shape index (κ2) is 6.21. The van der Waals surface area contributed by atoms with Crippen molar-refractivity contribution < 1.29 is 18.3 Å². The van der Waals surface area contributed by atoms with Gasteiger partial charge in [-0.15, -0.1) is 5.10 Å². The predicted molar refractivity (Wildman–Crippen MR) is 68.3 cm³/mol. The summed E-state index contributed by atoms with van der Waals surface area (Å²) >= 11 is 0. The number of halogens is 3. The Morgan fingerprint density at radius 3 is 2.48 bits per heavy atom. The molecule has 8 heteroatoms. The number of aromatic nitrogens is 4. The summed E-state index contributed by atoms with van der Waals surface area (Å²) in [6.45, 7) is 2.10. The molecule has 0 aliphatic carbocycles. The zero-order valence-corrected chi connectivity index (χ0v) is 11.4. The molecule has 1 heterocycles. The van der Waals surface area contributed by atoms with Crippen molar-refractivity contribution in [1.82, 2.24) is 20.2 Å². The summed E-state index contributed by atoms with van der Waals surface area (Å²) in [5.74, 6) is 0.654. The third-order valence-electron chi connectivity index (χ3n) is 3.06. The molecule has 1 N–H and O–H groups in total. The fraction of sp³-hybridized carbons (Fsp3) is 0.462. The zero-order chi connectivity index (χ0) is 15.5. The fourth-order valence-electron chi connectivity index (χ4n) is 1.98. The van der Waals surface area contributed by atoms with Gasteiger partial charge < -0.3 is 5.11 Å². The number of hydrogen-bond acceptors (Lipinski definition) is 4. The molecule has 1 unspecified atom stereocenters. The molecular formula is C13H15F3N4O. The number of aliphatic hydroxyl groups is 1. The van der Waals surface area contributed by atoms with Gasteiger partial charge in [0, 0.05) is 12.8 Å². The molecule has 0 fully saturated rings. The molecule has 0 aliphatic rings. The van der Waals surface area contributed by atoms with Crippen LogP contribution in [0.15, 0.2) is 24.3 Å². The molecule has 1 aromatic heterocycles. The van der Waals surface area contributed by atoms with Gasteiger partial charge in [-0.2, -0.15) is 13.2 Å². The normalized spacial score (nSPS) is 13.4. The van der Waals surface area contributed by atoms with Crippen molar-refractivity contribution in [2.75, 3.05) is 0 Å². The topological polar surface area (TPSA) is 63.8 Å². The van der Waals surface area contributed by atoms with Crippen LogP contribution in [0, 0.1) is 0 Å². The lowest BCUT2D eigenvalue weighted by Crippen LogP contribution is -2.21. The molecule has 0 bridgehead atoms. The second-order valence-electron chi connectivity index (χ2n) is 4.68. The smallest absolute Gasteiger partial charge is 0.391 e. The second-order valence-corrected chi connectivity index (χ2v) is 4.68. The van der Waals surface area contributed by atoms with Crippen LogP contribution < -0.4 is 0 Å². The van der Waals surface area contributed by atoms with Crippen molar-refractivity contribution in [1.29, 1.82) is 0 Å². The average Bonchev–Trinajstić information content (AvgIpc) is 2.85. The molecule has 0 saturated heterocycles. The SMILES string of the molecule is CCc1nnnn1CC(O)Cc1ccc(C(F)(F)F)cc1. The Hall–Kier alpha value is -1.96. The third kappa shape index (κ3) is 4.01. The van der Waals surface area contributed by atoms with E-state index < -0.39 is 17.8 Å². The van der Waals surface area contributed by atoms with Crippen LogP contribution in [0.4, 0.5) is 13.2 Å². The van der Waals surface area contributed by atoms with Crippen molar-refractivity contribution in [2.45, 2.75) is 38.6 Å². The Bertz CT molecular complexity index is 580. The van der Waals surface area contributed by atoms with E-state index in [4.69, 9.17) is 0 Å². The van der Waals surface area contributed by atoms with Gasteiger partial charge in [-0.05, 0) is 28.1 Å². The Kier molecular flexibility index (Phi) is 4.56. The predicted octanol–water partition coefficient (Wildman–Crippen LogP) is 1.86. The molecule has 0 spiro atoms. The molecule has 0 amide bonds. The van der Waals surface area contributed by atoms with Crippen LogP contribution in [0.3, 0.4) is 0 Å². The highest BCUT2D eigenvalue weighted by Crippen LogP contribution is 2.29. The van der Waals surface area contributed by atoms with E-state index in [0.717, 1.165) is 12.1 Å². The van der Waals surface area contributed by atoms with Gasteiger partial charge in [0.1, 0.15) is 0 Å². The minimum absolute atomic E-state index is 0.206. The summed E-state index contributed by atoms with van der Waals surface area (Å²) in [6, 6.07) is 4.76. The summed E-state index contributed by atoms with van der Waals surface area (Å²) in [6.07, 6.45) is -4.24. The maximum absolute atomic E-state index is 12.4. The van der Waals surface area contributed by atoms with Crippen molar-refractivity contribution in [3.05, 3.63) is 41.2 Å². The first-order chi connectivity index (χ1) is 9.90. The average molecular weight is 300 g/mol. The number of tetrazole rings is 1. The first-order valence-electron chi connectivity index (χ1n) is 6.49. The molecule has 0 aliphatic heterocycles. The van der Waals surface area contributed by atoms with Crippen LogP contribution in [0.5, 0.6) is 0 Å². The Balaban J connectivity index is 1.98. The van der Waals surface area contributed by atoms with E-state index in [1.165, 1.54) is 16.8 Å². The van der Waals surface area contributed by atoms with Crippen molar-refractivity contribution in [3.63, 3.8) is 0 Å². The molecule has 2 aromatic rings. The highest BCUT2D eigenvalue weighted by Gasteiger charge is 2.29. The molecule has 5 nitrogen and oxygen atoms in total. The number of benzene rings is 1. The van der Waals surface area contributed by atoms with Gasteiger partial charge in [-0.1, -0.05) is 19.1 Å². The Morgan fingerprint density at radius 2 is 1.90 bits per heavy atom. The summed E-state index contributed by atoms with van der Waals surface area (Å²) in [7, 11) is 0. The minimum atomic E-state index is -4.35. The van der Waals surface area contributed by atoms with Gasteiger partial charge in [0.2, 0.25) is 0 Å². The largest absolute Gasteiger partial charge is 0.416 e. The molecule has 2 rings (SSSR count). The maximum atomic E-state index is 12.4. The highest BCUT2D eigenvalue weighted by molar-refractivity contribution is 5.25. The van der Waals surface area contributed by atoms with Crippen molar-refractivity contribution in [3.8, 4) is 0 Å². The number of rotatable bonds is 5. The van der Waals surface area contributed by atoms with Gasteiger partial charge in [0.05, 0.1) is 18.2 Å². The summed E-state index contributed by atoms with van der Waals surface area (Å²) < 4.78 is 38.8. The fourth-order valence-corrected chi connectivity index (χ4v) is 1.98. The van der Waals surface area contributed by atoms with E-state index in [1.54, 1.807) is 0 Å². The third-order valence-corrected chi connectivity index (χ3v) is 3.06. The molecular weight excluding hydrogens is 285 g/mol. The lowest BCUT2D eigenvalue weighted by Gasteiger charge is -2.12. The Labute approximate surface area is 119 Å². The van der Waals surface area contributed by atoms with Gasteiger partial charge in [0.25, 0.3) is 0 Å². The summed E-state index contributed by atoms with van der Waals surface area (Å²) in [5, 5.41) is 21.1. The molecule has 0 radical (unpaired) electrons. The number of alkyl halides is 3. The van der Waals surface area contributed by atoms with Gasteiger partial charge in [-0.3, -0.25) is 0 Å². The van der Waals surface area contributed by atoms with E-state index in [0.29, 0.717) is 17.8 Å². The molecule has 1 aromatic carbocycles. The lowest BCUT2D eigenvalue weighted by atomic mass is 10.1. The monoisotopic (exact) mass is 300 g/mol. The van der Waals surface area contributed by atoms with Crippen LogP contribution >= 0.6 is 0 Å². The van der Waals surface area contributed by atoms with Gasteiger partial charge in [-0.25, -0.2) is 4.68 Å². The van der Waals surface area contributed by atoms with E-state index in [2.05, 4.69) is 15.5 Å². The standard InChI is InChI=1S/C13H15F3N4O/c1-2-12-17-18-19-20(12)8-11(21)7-9-3-5-10(6-4-9)13(14,15)16/h3-6,11,21H,2,7-8H2,1H3. The van der Waals surface area contributed by atoms with Gasteiger partial charge in [0.15, 0.2) is 5.82 Å². The van der Waals surface area contributed by atoms with E-state index in [-0.39, 0.29) is 13.0 Å². The van der Waals surface area contributed by atoms with E-state index in [9.17, 15) is 18.3 Å². The number of hydrogen-bond donors (Lipinski definition) is 1. The van der Waals surface area contributed by atoms with Crippen LogP contribution in [-0.4, -0.2) is 31.4 Å². The van der Waals surface area contributed by atoms with Crippen molar-refractivity contribution >= 4 is 0 Å². The van der Waals surface area contributed by atoms with Crippen LogP contribution in [0.25, 0.3) is 0 Å². The quantitative estimate of drug-likeness (QED) is 0.915. The van der Waals surface area contributed by atoms with Crippen LogP contribution in [-0.2, 0) is 25.6 Å².